The molecule has 2 aromatic rings. The molecule has 164 valence electrons. The molecule has 0 spiro atoms. The molecule has 2 fully saturated rings. The Bertz CT molecular complexity index is 926. The van der Waals surface area contributed by atoms with Crippen molar-refractivity contribution in [2.75, 3.05) is 26.2 Å². The largest absolute Gasteiger partial charge is 0.334 e. The Balaban J connectivity index is 1.72. The lowest BCUT2D eigenvalue weighted by Crippen LogP contribution is -2.54. The van der Waals surface area contributed by atoms with Gasteiger partial charge < -0.3 is 9.80 Å². The Morgan fingerprint density at radius 1 is 1.00 bits per heavy atom. The number of amides is 1. The maximum absolute atomic E-state index is 14.2. The maximum atomic E-state index is 14.2. The van der Waals surface area contributed by atoms with E-state index in [9.17, 15) is 4.79 Å². The summed E-state index contributed by atoms with van der Waals surface area (Å²) >= 11 is 12.5. The van der Waals surface area contributed by atoms with Gasteiger partial charge in [0.2, 0.25) is 5.91 Å². The monoisotopic (exact) mass is 456 g/mol. The fourth-order valence-electron chi connectivity index (χ4n) is 5.22. The van der Waals surface area contributed by atoms with Crippen molar-refractivity contribution in [1.29, 1.82) is 0 Å². The van der Waals surface area contributed by atoms with Gasteiger partial charge in [0.15, 0.2) is 0 Å². The van der Waals surface area contributed by atoms with Crippen molar-refractivity contribution in [3.8, 4) is 0 Å². The Labute approximate surface area is 195 Å². The minimum absolute atomic E-state index is 0.0408. The molecule has 2 aliphatic rings. The molecule has 2 heterocycles. The number of carbonyl (C=O) groups excluding carboxylic acids is 1. The van der Waals surface area contributed by atoms with E-state index in [2.05, 4.69) is 40.6 Å². The number of piperidine rings is 1. The average Bonchev–Trinajstić information content (AvgIpc) is 3.30. The number of rotatable bonds is 7. The molecule has 3 nitrogen and oxygen atoms in total. The summed E-state index contributed by atoms with van der Waals surface area (Å²) in [5.74, 6) is 0.171. The summed E-state index contributed by atoms with van der Waals surface area (Å²) in [5, 5.41) is 1.000. The predicted molar refractivity (Wildman–Crippen MR) is 129 cm³/mol. The highest BCUT2D eigenvalue weighted by molar-refractivity contribution is 6.42. The molecule has 0 bridgehead atoms. The summed E-state index contributed by atoms with van der Waals surface area (Å²) in [6.45, 7) is 7.83. The van der Waals surface area contributed by atoms with Gasteiger partial charge in [-0.3, -0.25) is 4.79 Å². The van der Waals surface area contributed by atoms with Crippen molar-refractivity contribution in [2.45, 2.75) is 43.6 Å². The number of hydrogen-bond donors (Lipinski definition) is 0. The second-order valence-corrected chi connectivity index (χ2v) is 9.55. The Morgan fingerprint density at radius 2 is 1.74 bits per heavy atom. The minimum atomic E-state index is -0.647. The first-order valence-corrected chi connectivity index (χ1v) is 12.0. The van der Waals surface area contributed by atoms with Crippen LogP contribution in [0.2, 0.25) is 10.0 Å². The van der Waals surface area contributed by atoms with E-state index >= 15 is 0 Å². The Hall–Kier alpha value is -1.81. The van der Waals surface area contributed by atoms with Crippen molar-refractivity contribution < 1.29 is 4.79 Å². The Kier molecular flexibility index (Phi) is 7.05. The zero-order valence-corrected chi connectivity index (χ0v) is 19.4. The van der Waals surface area contributed by atoms with Crippen LogP contribution in [0.15, 0.2) is 61.2 Å². The molecule has 0 radical (unpaired) electrons. The van der Waals surface area contributed by atoms with Crippen LogP contribution in [0, 0.1) is 0 Å². The van der Waals surface area contributed by atoms with Crippen LogP contribution in [0.4, 0.5) is 0 Å². The second kappa shape index (κ2) is 9.77. The summed E-state index contributed by atoms with van der Waals surface area (Å²) in [7, 11) is 0. The van der Waals surface area contributed by atoms with Crippen molar-refractivity contribution in [1.82, 2.24) is 9.80 Å². The van der Waals surface area contributed by atoms with E-state index in [0.29, 0.717) is 16.5 Å². The van der Waals surface area contributed by atoms with Crippen LogP contribution in [0.5, 0.6) is 0 Å². The molecule has 2 aliphatic heterocycles. The smallest absolute Gasteiger partial charge is 0.234 e. The van der Waals surface area contributed by atoms with Gasteiger partial charge in [0, 0.05) is 13.1 Å². The summed E-state index contributed by atoms with van der Waals surface area (Å²) in [5.41, 5.74) is 1.49. The number of nitrogens with zero attached hydrogens (tertiary/aromatic N) is 2. The molecule has 31 heavy (non-hydrogen) atoms. The first-order chi connectivity index (χ1) is 15.0. The second-order valence-electron chi connectivity index (χ2n) is 8.74. The van der Waals surface area contributed by atoms with Crippen LogP contribution in [-0.4, -0.2) is 41.9 Å². The van der Waals surface area contributed by atoms with Gasteiger partial charge in [0.05, 0.1) is 21.5 Å². The molecule has 1 unspecified atom stereocenters. The standard InChI is InChI=1S/C26H30Cl2N2O/c1-2-13-26(21-11-12-22(27)23(28)18-21)14-8-17-30(25(26)31)24(19-29-15-6-7-16-29)20-9-4-3-5-10-20/h2-5,9-12,18,24H,1,6-8,13-17,19H2/t24-,26?/m1/s1. The molecule has 2 aromatic carbocycles. The van der Waals surface area contributed by atoms with Crippen LogP contribution in [-0.2, 0) is 10.2 Å². The fourth-order valence-corrected chi connectivity index (χ4v) is 5.51. The van der Waals surface area contributed by atoms with Gasteiger partial charge in [-0.25, -0.2) is 0 Å². The molecule has 0 aliphatic carbocycles. The molecular weight excluding hydrogens is 427 g/mol. The van der Waals surface area contributed by atoms with Crippen LogP contribution in [0.3, 0.4) is 0 Å². The highest BCUT2D eigenvalue weighted by atomic mass is 35.5. The lowest BCUT2D eigenvalue weighted by molar-refractivity contribution is -0.144. The van der Waals surface area contributed by atoms with Gasteiger partial charge in [-0.2, -0.15) is 0 Å². The Morgan fingerprint density at radius 3 is 2.42 bits per heavy atom. The van der Waals surface area contributed by atoms with Gasteiger partial charge in [-0.1, -0.05) is 65.7 Å². The van der Waals surface area contributed by atoms with Gasteiger partial charge >= 0.3 is 0 Å². The third kappa shape index (κ3) is 4.55. The van der Waals surface area contributed by atoms with Crippen molar-refractivity contribution >= 4 is 29.1 Å². The molecule has 0 saturated carbocycles. The highest BCUT2D eigenvalue weighted by Gasteiger charge is 2.46. The zero-order chi connectivity index (χ0) is 21.8. The van der Waals surface area contributed by atoms with E-state index in [4.69, 9.17) is 23.2 Å². The van der Waals surface area contributed by atoms with Crippen molar-refractivity contribution in [2.24, 2.45) is 0 Å². The van der Waals surface area contributed by atoms with Crippen LogP contribution < -0.4 is 0 Å². The van der Waals surface area contributed by atoms with Gasteiger partial charge in [-0.15, -0.1) is 6.58 Å². The van der Waals surface area contributed by atoms with Gasteiger partial charge in [0.25, 0.3) is 0 Å². The summed E-state index contributed by atoms with van der Waals surface area (Å²) in [6, 6.07) is 16.1. The molecule has 2 saturated heterocycles. The maximum Gasteiger partial charge on any atom is 0.234 e. The number of benzene rings is 2. The first-order valence-electron chi connectivity index (χ1n) is 11.2. The number of hydrogen-bond acceptors (Lipinski definition) is 2. The number of likely N-dealkylation sites (tertiary alicyclic amines) is 2. The zero-order valence-electron chi connectivity index (χ0n) is 17.9. The fraction of sp³-hybridized carbons (Fsp3) is 0.423. The van der Waals surface area contributed by atoms with Crippen LogP contribution in [0.25, 0.3) is 0 Å². The topological polar surface area (TPSA) is 23.6 Å². The lowest BCUT2D eigenvalue weighted by atomic mass is 9.70. The molecule has 1 amide bonds. The van der Waals surface area contributed by atoms with E-state index in [1.807, 2.05) is 24.3 Å². The van der Waals surface area contributed by atoms with E-state index in [1.54, 1.807) is 6.07 Å². The van der Waals surface area contributed by atoms with Gasteiger partial charge in [-0.05, 0) is 68.5 Å². The third-order valence-corrected chi connectivity index (χ3v) is 7.57. The predicted octanol–water partition coefficient (Wildman–Crippen LogP) is 6.27. The van der Waals surface area contributed by atoms with E-state index < -0.39 is 5.41 Å². The summed E-state index contributed by atoms with van der Waals surface area (Å²) < 4.78 is 0. The molecule has 4 rings (SSSR count). The van der Waals surface area contributed by atoms with E-state index in [0.717, 1.165) is 44.6 Å². The van der Waals surface area contributed by atoms with E-state index in [1.165, 1.54) is 18.4 Å². The van der Waals surface area contributed by atoms with E-state index in [-0.39, 0.29) is 11.9 Å². The number of allylic oxidation sites excluding steroid dienone is 1. The molecule has 5 heteroatoms. The van der Waals surface area contributed by atoms with Gasteiger partial charge in [0.1, 0.15) is 0 Å². The average molecular weight is 457 g/mol. The quantitative estimate of drug-likeness (QED) is 0.458. The van der Waals surface area contributed by atoms with Crippen molar-refractivity contribution in [3.05, 3.63) is 82.4 Å². The normalized spacial score (nSPS) is 23.2. The third-order valence-electron chi connectivity index (χ3n) is 6.83. The van der Waals surface area contributed by atoms with Crippen LogP contribution in [0.1, 0.15) is 49.3 Å². The first kappa shape index (κ1) is 22.4. The molecule has 0 aromatic heterocycles. The molecular formula is C26H30Cl2N2O. The lowest BCUT2D eigenvalue weighted by Gasteiger charge is -2.46. The summed E-state index contributed by atoms with van der Waals surface area (Å²) in [6.07, 6.45) is 6.66. The SMILES string of the molecule is C=CCC1(c2ccc(Cl)c(Cl)c2)CCCN([C@H](CN2CCCC2)c2ccccc2)C1=O. The minimum Gasteiger partial charge on any atom is -0.334 e. The molecule has 0 N–H and O–H groups in total. The summed E-state index contributed by atoms with van der Waals surface area (Å²) in [4.78, 5) is 18.8. The number of halogens is 2. The van der Waals surface area contributed by atoms with Crippen molar-refractivity contribution in [3.63, 3.8) is 0 Å². The molecule has 2 atom stereocenters. The van der Waals surface area contributed by atoms with Crippen LogP contribution >= 0.6 is 23.2 Å². The highest BCUT2D eigenvalue weighted by Crippen LogP contribution is 2.43. The number of carbonyl (C=O) groups is 1.